The third-order valence-electron chi connectivity index (χ3n) is 7.83. The Kier molecular flexibility index (Phi) is 6.98. The van der Waals surface area contributed by atoms with E-state index >= 15 is 0 Å². The van der Waals surface area contributed by atoms with E-state index < -0.39 is 5.60 Å². The molecule has 34 heavy (non-hydrogen) atoms. The summed E-state index contributed by atoms with van der Waals surface area (Å²) < 4.78 is 20.3. The van der Waals surface area contributed by atoms with Crippen molar-refractivity contribution in [2.24, 2.45) is 5.92 Å². The highest BCUT2D eigenvalue weighted by atomic mass is 19.1. The van der Waals surface area contributed by atoms with E-state index in [9.17, 15) is 9.50 Å². The van der Waals surface area contributed by atoms with Gasteiger partial charge in [0.25, 0.3) is 0 Å². The van der Waals surface area contributed by atoms with E-state index in [1.54, 1.807) is 12.1 Å². The lowest BCUT2D eigenvalue weighted by Gasteiger charge is -2.46. The van der Waals surface area contributed by atoms with Gasteiger partial charge in [0.05, 0.1) is 18.3 Å². The summed E-state index contributed by atoms with van der Waals surface area (Å²) in [6.07, 6.45) is 2.19. The Morgan fingerprint density at radius 2 is 1.71 bits per heavy atom. The van der Waals surface area contributed by atoms with Crippen LogP contribution in [0.5, 0.6) is 0 Å². The highest BCUT2D eigenvalue weighted by Crippen LogP contribution is 2.44. The van der Waals surface area contributed by atoms with Crippen molar-refractivity contribution in [2.45, 2.75) is 37.6 Å². The first-order valence-electron chi connectivity index (χ1n) is 12.5. The van der Waals surface area contributed by atoms with Crippen molar-refractivity contribution in [3.05, 3.63) is 83.7 Å². The van der Waals surface area contributed by atoms with E-state index in [1.165, 1.54) is 11.5 Å². The van der Waals surface area contributed by atoms with Gasteiger partial charge in [-0.3, -0.25) is 0 Å². The third-order valence-corrected chi connectivity index (χ3v) is 7.83. The number of piperazine rings is 1. The number of nitrogens with zero attached hydrogens (tertiary/aromatic N) is 2. The van der Waals surface area contributed by atoms with Crippen molar-refractivity contribution < 1.29 is 14.2 Å². The van der Waals surface area contributed by atoms with Gasteiger partial charge in [-0.15, -0.1) is 0 Å². The summed E-state index contributed by atoms with van der Waals surface area (Å²) in [5, 5.41) is 14.5. The zero-order valence-corrected chi connectivity index (χ0v) is 20.0. The molecule has 3 aromatic rings. The van der Waals surface area contributed by atoms with Crippen LogP contribution in [0.1, 0.15) is 30.4 Å². The average Bonchev–Trinajstić information content (AvgIpc) is 2.86. The maximum absolute atomic E-state index is 14.1. The largest absolute Gasteiger partial charge is 0.385 e. The first-order chi connectivity index (χ1) is 16.5. The molecule has 1 heterocycles. The summed E-state index contributed by atoms with van der Waals surface area (Å²) in [5.74, 6) is -0.170. The number of hydrogen-bond acceptors (Lipinski definition) is 4. The molecule has 1 saturated carbocycles. The number of aliphatic hydroxyl groups is 1. The van der Waals surface area contributed by atoms with E-state index in [0.717, 1.165) is 56.5 Å². The molecule has 5 heteroatoms. The van der Waals surface area contributed by atoms with Crippen molar-refractivity contribution in [2.75, 3.05) is 39.8 Å². The number of rotatable bonds is 6. The van der Waals surface area contributed by atoms with Gasteiger partial charge in [-0.25, -0.2) is 4.39 Å². The fraction of sp³-hybridized carbons (Fsp3) is 0.448. The first-order valence-corrected chi connectivity index (χ1v) is 12.5. The molecule has 0 bridgehead atoms. The molecule has 1 saturated heterocycles. The molecule has 5 rings (SSSR count). The minimum atomic E-state index is -0.898. The Morgan fingerprint density at radius 3 is 2.50 bits per heavy atom. The molecule has 0 amide bonds. The molecule has 1 aliphatic heterocycles. The number of likely N-dealkylation sites (N-methyl/N-ethyl adjacent to an activating group) is 1. The van der Waals surface area contributed by atoms with Crippen molar-refractivity contribution in [3.63, 3.8) is 0 Å². The smallest absolute Gasteiger partial charge is 0.128 e. The average molecular weight is 463 g/mol. The molecule has 3 unspecified atom stereocenters. The SMILES string of the molecule is CN1CCN(CC2CC(OCc3ccccc3F)CCC2(O)c2ccc3ccccc3c2)CC1. The van der Waals surface area contributed by atoms with Crippen molar-refractivity contribution in [1.82, 2.24) is 9.80 Å². The predicted octanol–water partition coefficient (Wildman–Crippen LogP) is 4.80. The Balaban J connectivity index is 1.36. The molecule has 4 nitrogen and oxygen atoms in total. The molecule has 2 fully saturated rings. The molecular formula is C29H35FN2O2. The van der Waals surface area contributed by atoms with Gasteiger partial charge in [-0.2, -0.15) is 0 Å². The van der Waals surface area contributed by atoms with Crippen LogP contribution in [0.4, 0.5) is 4.39 Å². The fourth-order valence-electron chi connectivity index (χ4n) is 5.60. The highest BCUT2D eigenvalue weighted by molar-refractivity contribution is 5.83. The molecule has 0 radical (unpaired) electrons. The number of hydrogen-bond donors (Lipinski definition) is 1. The molecule has 2 aliphatic rings. The minimum absolute atomic E-state index is 0.0119. The van der Waals surface area contributed by atoms with Gasteiger partial charge in [0, 0.05) is 44.2 Å². The summed E-state index contributed by atoms with van der Waals surface area (Å²) >= 11 is 0. The van der Waals surface area contributed by atoms with Crippen LogP contribution >= 0.6 is 0 Å². The Hall–Kier alpha value is -2.31. The summed E-state index contributed by atoms with van der Waals surface area (Å²) in [4.78, 5) is 4.84. The Morgan fingerprint density at radius 1 is 0.971 bits per heavy atom. The van der Waals surface area contributed by atoms with Crippen molar-refractivity contribution >= 4 is 10.8 Å². The quantitative estimate of drug-likeness (QED) is 0.571. The summed E-state index contributed by atoms with van der Waals surface area (Å²) in [5.41, 5.74) is 0.692. The van der Waals surface area contributed by atoms with Crippen LogP contribution in [0.2, 0.25) is 0 Å². The zero-order valence-electron chi connectivity index (χ0n) is 20.0. The monoisotopic (exact) mass is 462 g/mol. The number of benzene rings is 3. The maximum atomic E-state index is 14.1. The maximum Gasteiger partial charge on any atom is 0.128 e. The van der Waals surface area contributed by atoms with Crippen molar-refractivity contribution in [1.29, 1.82) is 0 Å². The van der Waals surface area contributed by atoms with E-state index in [2.05, 4.69) is 47.2 Å². The van der Waals surface area contributed by atoms with Gasteiger partial charge >= 0.3 is 0 Å². The second-order valence-electron chi connectivity index (χ2n) is 10.1. The summed E-state index contributed by atoms with van der Waals surface area (Å²) in [6.45, 7) is 5.25. The number of fused-ring (bicyclic) bond motifs is 1. The second kappa shape index (κ2) is 10.1. The third kappa shape index (κ3) is 5.03. The second-order valence-corrected chi connectivity index (χ2v) is 10.1. The lowest BCUT2D eigenvalue weighted by Crippen LogP contribution is -2.52. The van der Waals surface area contributed by atoms with Crippen molar-refractivity contribution in [3.8, 4) is 0 Å². The molecule has 0 aromatic heterocycles. The Bertz CT molecular complexity index is 1110. The standard InChI is InChI=1S/C29H35FN2O2/c1-31-14-16-32(17-15-31)20-26-19-27(34-21-24-8-4-5-9-28(24)30)12-13-29(26,33)25-11-10-22-6-2-3-7-23(22)18-25/h2-11,18,26-27,33H,12-17,19-21H2,1H3. The first kappa shape index (κ1) is 23.4. The zero-order chi connectivity index (χ0) is 23.5. The molecule has 180 valence electrons. The fourth-order valence-corrected chi connectivity index (χ4v) is 5.60. The van der Waals surface area contributed by atoms with E-state index in [0.29, 0.717) is 12.0 Å². The molecule has 1 N–H and O–H groups in total. The van der Waals surface area contributed by atoms with E-state index in [1.807, 2.05) is 18.2 Å². The molecule has 3 atom stereocenters. The molecule has 3 aromatic carbocycles. The van der Waals surface area contributed by atoms with Crippen LogP contribution in [0.3, 0.4) is 0 Å². The minimum Gasteiger partial charge on any atom is -0.385 e. The topological polar surface area (TPSA) is 35.9 Å². The van der Waals surface area contributed by atoms with Gasteiger partial charge in [0.15, 0.2) is 0 Å². The summed E-state index contributed by atoms with van der Waals surface area (Å²) in [7, 11) is 2.16. The molecule has 1 aliphatic carbocycles. The van der Waals surface area contributed by atoms with Gasteiger partial charge < -0.3 is 19.6 Å². The van der Waals surface area contributed by atoms with Crippen LogP contribution in [-0.4, -0.2) is 60.8 Å². The summed E-state index contributed by atoms with van der Waals surface area (Å²) in [6, 6.07) is 21.5. The van der Waals surface area contributed by atoms with Gasteiger partial charge in [-0.05, 0) is 54.8 Å². The predicted molar refractivity (Wildman–Crippen MR) is 134 cm³/mol. The van der Waals surface area contributed by atoms with Gasteiger partial charge in [0.1, 0.15) is 5.82 Å². The van der Waals surface area contributed by atoms with E-state index in [-0.39, 0.29) is 24.4 Å². The lowest BCUT2D eigenvalue weighted by atomic mass is 9.70. The van der Waals surface area contributed by atoms with Gasteiger partial charge in [0.2, 0.25) is 0 Å². The van der Waals surface area contributed by atoms with E-state index in [4.69, 9.17) is 4.74 Å². The van der Waals surface area contributed by atoms with Crippen LogP contribution < -0.4 is 0 Å². The van der Waals surface area contributed by atoms with Crippen LogP contribution in [0.25, 0.3) is 10.8 Å². The Labute approximate surface area is 201 Å². The van der Waals surface area contributed by atoms with Crippen LogP contribution in [0, 0.1) is 11.7 Å². The number of halogens is 1. The molecule has 0 spiro atoms. The highest BCUT2D eigenvalue weighted by Gasteiger charge is 2.44. The van der Waals surface area contributed by atoms with Crippen LogP contribution in [0.15, 0.2) is 66.7 Å². The van der Waals surface area contributed by atoms with Crippen LogP contribution in [-0.2, 0) is 16.9 Å². The molecular weight excluding hydrogens is 427 g/mol. The number of ether oxygens (including phenoxy) is 1. The normalized spacial score (nSPS) is 26.7. The van der Waals surface area contributed by atoms with Gasteiger partial charge in [-0.1, -0.05) is 54.6 Å². The lowest BCUT2D eigenvalue weighted by molar-refractivity contribution is -0.114.